The van der Waals surface area contributed by atoms with Gasteiger partial charge >= 0.3 is 0 Å². The third-order valence-corrected chi connectivity index (χ3v) is 5.88. The summed E-state index contributed by atoms with van der Waals surface area (Å²) in [6.07, 6.45) is 6.50. The van der Waals surface area contributed by atoms with Crippen LogP contribution in [0.5, 0.6) is 0 Å². The Balaban J connectivity index is 1.44. The minimum Gasteiger partial charge on any atom is -0.356 e. The molecule has 0 radical (unpaired) electrons. The lowest BCUT2D eigenvalue weighted by Gasteiger charge is -2.32. The van der Waals surface area contributed by atoms with E-state index in [0.29, 0.717) is 47.0 Å². The van der Waals surface area contributed by atoms with Crippen molar-refractivity contribution in [2.75, 3.05) is 32.1 Å². The Morgan fingerprint density at radius 2 is 2.18 bits per heavy atom. The molecule has 1 aliphatic heterocycles. The number of hydrogen-bond acceptors (Lipinski definition) is 8. The Morgan fingerprint density at radius 3 is 2.94 bits per heavy atom. The van der Waals surface area contributed by atoms with Gasteiger partial charge in [0, 0.05) is 64.3 Å². The maximum atomic E-state index is 13.4. The molecule has 11 nitrogen and oxygen atoms in total. The first-order valence-corrected chi connectivity index (χ1v) is 10.7. The summed E-state index contributed by atoms with van der Waals surface area (Å²) in [5, 5.41) is 8.56. The number of hydrogen-bond donors (Lipinski definition) is 1. The van der Waals surface area contributed by atoms with E-state index in [4.69, 9.17) is 4.52 Å². The Hall–Kier alpha value is -4.02. The quantitative estimate of drug-likeness (QED) is 0.501. The second-order valence-electron chi connectivity index (χ2n) is 8.45. The molecule has 1 fully saturated rings. The number of anilines is 1. The summed E-state index contributed by atoms with van der Waals surface area (Å²) >= 11 is 0. The highest BCUT2D eigenvalue weighted by Crippen LogP contribution is 2.29. The van der Waals surface area contributed by atoms with Crippen molar-refractivity contribution in [1.29, 1.82) is 0 Å². The average Bonchev–Trinajstić information content (AvgIpc) is 3.48. The van der Waals surface area contributed by atoms with Gasteiger partial charge in [0.15, 0.2) is 11.5 Å². The molecule has 1 atom stereocenters. The van der Waals surface area contributed by atoms with Crippen molar-refractivity contribution in [2.24, 2.45) is 7.05 Å². The second kappa shape index (κ2) is 8.15. The number of carbonyl (C=O) groups excluding carboxylic acids is 1. The fraction of sp³-hybridized carbons (Fsp3) is 0.364. The van der Waals surface area contributed by atoms with Crippen LogP contribution in [-0.2, 0) is 7.05 Å². The van der Waals surface area contributed by atoms with Crippen molar-refractivity contribution >= 4 is 22.8 Å². The first kappa shape index (κ1) is 20.9. The van der Waals surface area contributed by atoms with E-state index in [-0.39, 0.29) is 17.4 Å². The van der Waals surface area contributed by atoms with Gasteiger partial charge in [0.25, 0.3) is 11.5 Å². The second-order valence-corrected chi connectivity index (χ2v) is 8.45. The number of fused-ring (bicyclic) bond motifs is 1. The highest BCUT2D eigenvalue weighted by atomic mass is 16.5. The van der Waals surface area contributed by atoms with Crippen LogP contribution in [0.25, 0.3) is 22.2 Å². The number of nitrogens with zero attached hydrogens (tertiary/aromatic N) is 7. The van der Waals surface area contributed by atoms with Crippen molar-refractivity contribution in [3.63, 3.8) is 0 Å². The summed E-state index contributed by atoms with van der Waals surface area (Å²) in [6.45, 7) is 1.09. The Kier molecular flexibility index (Phi) is 5.15. The Labute approximate surface area is 189 Å². The average molecular weight is 448 g/mol. The van der Waals surface area contributed by atoms with Gasteiger partial charge in [-0.05, 0) is 18.9 Å². The summed E-state index contributed by atoms with van der Waals surface area (Å²) in [7, 11) is 5.47. The summed E-state index contributed by atoms with van der Waals surface area (Å²) < 4.78 is 6.85. The number of nitrogens with one attached hydrogen (secondary N) is 1. The van der Waals surface area contributed by atoms with Crippen LogP contribution in [0.3, 0.4) is 0 Å². The van der Waals surface area contributed by atoms with Crippen LogP contribution in [0.4, 0.5) is 5.95 Å². The molecular weight excluding hydrogens is 424 g/mol. The number of pyridine rings is 1. The molecule has 4 aromatic heterocycles. The fourth-order valence-electron chi connectivity index (χ4n) is 4.23. The van der Waals surface area contributed by atoms with Crippen LogP contribution in [-0.4, -0.2) is 67.9 Å². The van der Waals surface area contributed by atoms with Crippen LogP contribution >= 0.6 is 0 Å². The van der Waals surface area contributed by atoms with Gasteiger partial charge in [-0.1, -0.05) is 5.16 Å². The molecule has 0 aromatic carbocycles. The van der Waals surface area contributed by atoms with Gasteiger partial charge in [-0.15, -0.1) is 0 Å². The fourth-order valence-corrected chi connectivity index (χ4v) is 4.23. The largest absolute Gasteiger partial charge is 0.356 e. The molecule has 1 unspecified atom stereocenters. The van der Waals surface area contributed by atoms with Gasteiger partial charge in [-0.2, -0.15) is 5.10 Å². The summed E-state index contributed by atoms with van der Waals surface area (Å²) in [4.78, 5) is 41.4. The summed E-state index contributed by atoms with van der Waals surface area (Å²) in [6, 6.07) is 3.60. The van der Waals surface area contributed by atoms with Crippen LogP contribution in [0, 0.1) is 0 Å². The molecule has 0 spiro atoms. The van der Waals surface area contributed by atoms with E-state index < -0.39 is 0 Å². The molecule has 1 amide bonds. The Bertz CT molecular complexity index is 1370. The third-order valence-electron chi connectivity index (χ3n) is 5.88. The van der Waals surface area contributed by atoms with E-state index in [1.54, 1.807) is 40.0 Å². The summed E-state index contributed by atoms with van der Waals surface area (Å²) in [5.74, 6) is 0.840. The number of rotatable bonds is 4. The molecule has 170 valence electrons. The van der Waals surface area contributed by atoms with Crippen molar-refractivity contribution < 1.29 is 9.32 Å². The van der Waals surface area contributed by atoms with E-state index in [9.17, 15) is 9.59 Å². The number of aromatic amines is 1. The molecule has 0 saturated carbocycles. The molecule has 1 N–H and O–H groups in total. The monoisotopic (exact) mass is 448 g/mol. The van der Waals surface area contributed by atoms with Crippen molar-refractivity contribution in [2.45, 2.75) is 18.8 Å². The number of amides is 1. The molecule has 5 heterocycles. The third kappa shape index (κ3) is 3.86. The first-order chi connectivity index (χ1) is 15.9. The minimum absolute atomic E-state index is 0.0185. The Morgan fingerprint density at radius 1 is 1.33 bits per heavy atom. The number of aryl methyl sites for hydroxylation is 1. The summed E-state index contributed by atoms with van der Waals surface area (Å²) in [5.41, 5.74) is 2.06. The molecule has 11 heteroatoms. The maximum absolute atomic E-state index is 13.4. The highest BCUT2D eigenvalue weighted by molar-refractivity contribution is 5.98. The molecule has 5 rings (SSSR count). The van der Waals surface area contributed by atoms with E-state index in [0.717, 1.165) is 18.5 Å². The van der Waals surface area contributed by atoms with Crippen molar-refractivity contribution in [3.8, 4) is 11.3 Å². The molecule has 0 bridgehead atoms. The lowest BCUT2D eigenvalue weighted by atomic mass is 9.93. The predicted molar refractivity (Wildman–Crippen MR) is 121 cm³/mol. The van der Waals surface area contributed by atoms with Gasteiger partial charge in [-0.3, -0.25) is 14.3 Å². The lowest BCUT2D eigenvalue weighted by molar-refractivity contribution is 0.0699. The lowest BCUT2D eigenvalue weighted by Crippen LogP contribution is -2.40. The van der Waals surface area contributed by atoms with Gasteiger partial charge in [-0.25, -0.2) is 9.97 Å². The van der Waals surface area contributed by atoms with Crippen LogP contribution in [0.15, 0.2) is 40.0 Å². The van der Waals surface area contributed by atoms with E-state index >= 15 is 0 Å². The van der Waals surface area contributed by atoms with Crippen molar-refractivity contribution in [3.05, 3.63) is 52.5 Å². The van der Waals surface area contributed by atoms with Gasteiger partial charge in [0.1, 0.15) is 0 Å². The van der Waals surface area contributed by atoms with Gasteiger partial charge in [0.05, 0.1) is 22.7 Å². The molecule has 0 aliphatic carbocycles. The normalized spacial score (nSPS) is 16.3. The molecule has 1 aliphatic rings. The smallest absolute Gasteiger partial charge is 0.275 e. The number of likely N-dealkylation sites (tertiary alicyclic amines) is 1. The SMILES string of the molecule is CN(C)c1ncc2c(=O)[nH]c(C3CCCN(C(=O)c4nn(C)cc4-c4ccno4)C3)cc2n1. The standard InChI is InChI=1S/C22H24N8O3/c1-28(2)22-23-10-14-17(26-22)9-16(25-20(14)31)13-5-4-8-30(11-13)21(32)19-15(12-29(3)27-19)18-6-7-24-33-18/h6-7,9-10,12-13H,4-5,8,11H2,1-3H3,(H,25,31). The van der Waals surface area contributed by atoms with E-state index in [2.05, 4.69) is 25.2 Å². The van der Waals surface area contributed by atoms with Crippen LogP contribution in [0.1, 0.15) is 34.9 Å². The van der Waals surface area contributed by atoms with E-state index in [1.807, 2.05) is 20.2 Å². The number of piperidine rings is 1. The number of aromatic nitrogens is 6. The number of H-pyrrole nitrogens is 1. The minimum atomic E-state index is -0.228. The predicted octanol–water partition coefficient (Wildman–Crippen LogP) is 1.79. The van der Waals surface area contributed by atoms with Gasteiger partial charge in [0.2, 0.25) is 5.95 Å². The maximum Gasteiger partial charge on any atom is 0.275 e. The molecular formula is C22H24N8O3. The molecule has 1 saturated heterocycles. The zero-order valence-electron chi connectivity index (χ0n) is 18.6. The zero-order valence-corrected chi connectivity index (χ0v) is 18.6. The first-order valence-electron chi connectivity index (χ1n) is 10.7. The highest BCUT2D eigenvalue weighted by Gasteiger charge is 2.30. The van der Waals surface area contributed by atoms with Crippen LogP contribution < -0.4 is 10.5 Å². The van der Waals surface area contributed by atoms with E-state index in [1.165, 1.54) is 6.20 Å². The number of carbonyl (C=O) groups is 1. The van der Waals surface area contributed by atoms with Crippen molar-refractivity contribution in [1.82, 2.24) is 34.8 Å². The topological polar surface area (TPSA) is 126 Å². The zero-order chi connectivity index (χ0) is 23.1. The molecule has 4 aromatic rings. The molecule has 33 heavy (non-hydrogen) atoms. The van der Waals surface area contributed by atoms with Gasteiger partial charge < -0.3 is 19.3 Å². The van der Waals surface area contributed by atoms with Crippen LogP contribution in [0.2, 0.25) is 0 Å².